The normalized spacial score (nSPS) is 12.7. The molecule has 0 saturated heterocycles. The summed E-state index contributed by atoms with van der Waals surface area (Å²) < 4.78 is 11.4. The van der Waals surface area contributed by atoms with Crippen LogP contribution in [0.3, 0.4) is 0 Å². The summed E-state index contributed by atoms with van der Waals surface area (Å²) in [4.78, 5) is 26.0. The minimum absolute atomic E-state index is 0.481. The number of aromatic amines is 1. The topological polar surface area (TPSA) is 77.1 Å². The van der Waals surface area contributed by atoms with Crippen molar-refractivity contribution in [1.29, 1.82) is 0 Å². The SMILES string of the molecule is COC(=O)C(OC(C)(C)C)c1c(C)nc(-c2nc3ccccc3[nH]2)c(C)c1-c1ccc(Cl)cc1. The van der Waals surface area contributed by atoms with Gasteiger partial charge in [0.05, 0.1) is 23.7 Å². The molecule has 1 N–H and O–H groups in total. The molecule has 176 valence electrons. The highest BCUT2D eigenvalue weighted by Gasteiger charge is 2.34. The van der Waals surface area contributed by atoms with Crippen LogP contribution in [-0.4, -0.2) is 33.6 Å². The number of benzene rings is 2. The zero-order valence-electron chi connectivity index (χ0n) is 20.2. The number of fused-ring (bicyclic) bond motifs is 1. The van der Waals surface area contributed by atoms with Gasteiger partial charge in [-0.1, -0.05) is 35.9 Å². The molecule has 2 aromatic heterocycles. The molecule has 0 spiro atoms. The maximum Gasteiger partial charge on any atom is 0.339 e. The van der Waals surface area contributed by atoms with E-state index < -0.39 is 17.7 Å². The largest absolute Gasteiger partial charge is 0.467 e. The van der Waals surface area contributed by atoms with Crippen molar-refractivity contribution in [2.24, 2.45) is 0 Å². The molecule has 2 aromatic carbocycles. The fourth-order valence-electron chi connectivity index (χ4n) is 4.10. The third kappa shape index (κ3) is 4.69. The van der Waals surface area contributed by atoms with Gasteiger partial charge in [0.1, 0.15) is 5.69 Å². The Balaban J connectivity index is 2.02. The van der Waals surface area contributed by atoms with Gasteiger partial charge in [-0.05, 0) is 75.6 Å². The van der Waals surface area contributed by atoms with Crippen molar-refractivity contribution in [1.82, 2.24) is 15.0 Å². The molecule has 4 aromatic rings. The summed E-state index contributed by atoms with van der Waals surface area (Å²) in [6, 6.07) is 15.4. The number of H-pyrrole nitrogens is 1. The standard InChI is InChI=1S/C27H28ClN3O3/c1-15-21(17-11-13-18(28)14-12-17)22(24(26(32)33-6)34-27(3,4)5)16(2)29-23(15)25-30-19-9-7-8-10-20(19)31-25/h7-14,24H,1-6H3,(H,30,31). The molecule has 0 aliphatic rings. The fraction of sp³-hybridized carbons (Fsp3) is 0.296. The summed E-state index contributed by atoms with van der Waals surface area (Å²) >= 11 is 6.18. The minimum Gasteiger partial charge on any atom is -0.467 e. The van der Waals surface area contributed by atoms with Crippen LogP contribution in [0.5, 0.6) is 0 Å². The predicted molar refractivity (Wildman–Crippen MR) is 135 cm³/mol. The highest BCUT2D eigenvalue weighted by atomic mass is 35.5. The van der Waals surface area contributed by atoms with E-state index in [1.165, 1.54) is 7.11 Å². The number of aromatic nitrogens is 3. The number of pyridine rings is 1. The number of rotatable bonds is 5. The molecule has 0 amide bonds. The van der Waals surface area contributed by atoms with E-state index in [1.807, 2.05) is 83.1 Å². The number of ether oxygens (including phenoxy) is 2. The lowest BCUT2D eigenvalue weighted by atomic mass is 9.89. The van der Waals surface area contributed by atoms with Gasteiger partial charge in [0.15, 0.2) is 11.9 Å². The van der Waals surface area contributed by atoms with E-state index in [2.05, 4.69) is 4.98 Å². The monoisotopic (exact) mass is 477 g/mol. The summed E-state index contributed by atoms with van der Waals surface area (Å²) in [7, 11) is 1.36. The molecule has 2 heterocycles. The lowest BCUT2D eigenvalue weighted by Gasteiger charge is -2.29. The number of hydrogen-bond acceptors (Lipinski definition) is 5. The molecule has 4 rings (SSSR count). The molecular weight excluding hydrogens is 450 g/mol. The van der Waals surface area contributed by atoms with Gasteiger partial charge in [-0.15, -0.1) is 0 Å². The van der Waals surface area contributed by atoms with Gasteiger partial charge in [-0.2, -0.15) is 0 Å². The van der Waals surface area contributed by atoms with Gasteiger partial charge in [-0.25, -0.2) is 14.8 Å². The zero-order chi connectivity index (χ0) is 24.6. The van der Waals surface area contributed by atoms with Crippen molar-refractivity contribution < 1.29 is 14.3 Å². The Bertz CT molecular complexity index is 1320. The van der Waals surface area contributed by atoms with Crippen LogP contribution in [0.2, 0.25) is 5.02 Å². The lowest BCUT2D eigenvalue weighted by molar-refractivity contribution is -0.164. The molecule has 7 heteroatoms. The van der Waals surface area contributed by atoms with Crippen LogP contribution in [0.4, 0.5) is 0 Å². The molecule has 6 nitrogen and oxygen atoms in total. The average molecular weight is 478 g/mol. The Labute approximate surface area is 204 Å². The molecule has 0 radical (unpaired) electrons. The van der Waals surface area contributed by atoms with E-state index in [-0.39, 0.29) is 0 Å². The molecule has 0 bridgehead atoms. The molecule has 0 fully saturated rings. The first-order valence-corrected chi connectivity index (χ1v) is 11.4. The van der Waals surface area contributed by atoms with Gasteiger partial charge in [-0.3, -0.25) is 0 Å². The number of carbonyl (C=O) groups excluding carboxylic acids is 1. The second-order valence-corrected chi connectivity index (χ2v) is 9.64. The molecule has 1 unspecified atom stereocenters. The highest BCUT2D eigenvalue weighted by Crippen LogP contribution is 2.40. The van der Waals surface area contributed by atoms with Gasteiger partial charge in [0.2, 0.25) is 0 Å². The van der Waals surface area contributed by atoms with Crippen LogP contribution in [-0.2, 0) is 14.3 Å². The Morgan fingerprint density at radius 1 is 1.03 bits per heavy atom. The van der Waals surface area contributed by atoms with E-state index in [9.17, 15) is 4.79 Å². The molecule has 1 atom stereocenters. The van der Waals surface area contributed by atoms with Crippen LogP contribution in [0.25, 0.3) is 33.7 Å². The number of methoxy groups -OCH3 is 1. The summed E-state index contributed by atoms with van der Waals surface area (Å²) in [6.45, 7) is 9.58. The third-order valence-corrected chi connectivity index (χ3v) is 5.82. The van der Waals surface area contributed by atoms with Crippen LogP contribution < -0.4 is 0 Å². The number of para-hydroxylation sites is 2. The van der Waals surface area contributed by atoms with E-state index in [1.54, 1.807) is 0 Å². The van der Waals surface area contributed by atoms with E-state index in [0.29, 0.717) is 27.8 Å². The maximum absolute atomic E-state index is 12.9. The van der Waals surface area contributed by atoms with Crippen molar-refractivity contribution in [3.05, 3.63) is 70.4 Å². The van der Waals surface area contributed by atoms with E-state index in [4.69, 9.17) is 31.0 Å². The number of hydrogen-bond donors (Lipinski definition) is 1. The van der Waals surface area contributed by atoms with Crippen molar-refractivity contribution in [2.75, 3.05) is 7.11 Å². The van der Waals surface area contributed by atoms with Crippen molar-refractivity contribution in [2.45, 2.75) is 46.3 Å². The van der Waals surface area contributed by atoms with Gasteiger partial charge >= 0.3 is 5.97 Å². The number of aryl methyl sites for hydroxylation is 1. The number of nitrogens with one attached hydrogen (secondary N) is 1. The number of esters is 1. The number of imidazole rings is 1. The summed E-state index contributed by atoms with van der Waals surface area (Å²) in [5.41, 5.74) is 5.84. The number of carbonyl (C=O) groups is 1. The summed E-state index contributed by atoms with van der Waals surface area (Å²) in [6.07, 6.45) is -0.952. The van der Waals surface area contributed by atoms with Gasteiger partial charge in [0.25, 0.3) is 0 Å². The smallest absolute Gasteiger partial charge is 0.339 e. The summed E-state index contributed by atoms with van der Waals surface area (Å²) in [5, 5.41) is 0.627. The van der Waals surface area contributed by atoms with Gasteiger partial charge < -0.3 is 14.5 Å². The molecule has 0 aliphatic carbocycles. The van der Waals surface area contributed by atoms with E-state index in [0.717, 1.165) is 27.7 Å². The molecule has 0 saturated carbocycles. The molecule has 0 aliphatic heterocycles. The fourth-order valence-corrected chi connectivity index (χ4v) is 4.23. The zero-order valence-corrected chi connectivity index (χ0v) is 20.9. The molecule has 34 heavy (non-hydrogen) atoms. The first-order chi connectivity index (χ1) is 16.1. The average Bonchev–Trinajstić information content (AvgIpc) is 3.22. The first kappa shape index (κ1) is 23.9. The van der Waals surface area contributed by atoms with E-state index >= 15 is 0 Å². The van der Waals surface area contributed by atoms with Crippen molar-refractivity contribution in [3.8, 4) is 22.6 Å². The van der Waals surface area contributed by atoms with Crippen LogP contribution in [0, 0.1) is 13.8 Å². The third-order valence-electron chi connectivity index (χ3n) is 5.56. The van der Waals surface area contributed by atoms with Crippen LogP contribution >= 0.6 is 11.6 Å². The molecular formula is C27H28ClN3O3. The van der Waals surface area contributed by atoms with Crippen molar-refractivity contribution >= 4 is 28.6 Å². The second kappa shape index (κ2) is 9.20. The number of halogens is 1. The predicted octanol–water partition coefficient (Wildman–Crippen LogP) is 6.59. The maximum atomic E-state index is 12.9. The Morgan fingerprint density at radius 3 is 2.32 bits per heavy atom. The van der Waals surface area contributed by atoms with Crippen LogP contribution in [0.1, 0.15) is 43.7 Å². The number of nitrogens with zero attached hydrogens (tertiary/aromatic N) is 2. The van der Waals surface area contributed by atoms with Crippen LogP contribution in [0.15, 0.2) is 48.5 Å². The quantitative estimate of drug-likeness (QED) is 0.328. The second-order valence-electron chi connectivity index (χ2n) is 9.20. The Hall–Kier alpha value is -3.22. The Morgan fingerprint density at radius 2 is 1.71 bits per heavy atom. The highest BCUT2D eigenvalue weighted by molar-refractivity contribution is 6.30. The Kier molecular flexibility index (Phi) is 6.47. The minimum atomic E-state index is -0.952. The van der Waals surface area contributed by atoms with Gasteiger partial charge in [0, 0.05) is 16.3 Å². The first-order valence-electron chi connectivity index (χ1n) is 11.1. The van der Waals surface area contributed by atoms with Crippen molar-refractivity contribution in [3.63, 3.8) is 0 Å². The lowest BCUT2D eigenvalue weighted by Crippen LogP contribution is -2.29. The summed E-state index contributed by atoms with van der Waals surface area (Å²) in [5.74, 6) is 0.181.